The number of hydrazine groups is 2. The number of piperazine rings is 1. The Morgan fingerprint density at radius 3 is 2.33 bits per heavy atom. The van der Waals surface area contributed by atoms with Gasteiger partial charge in [-0.1, -0.05) is 6.92 Å². The van der Waals surface area contributed by atoms with Crippen LogP contribution in [0.15, 0.2) is 72.1 Å². The van der Waals surface area contributed by atoms with Crippen molar-refractivity contribution in [2.45, 2.75) is 38.2 Å². The van der Waals surface area contributed by atoms with Gasteiger partial charge >= 0.3 is 0 Å². The van der Waals surface area contributed by atoms with Crippen LogP contribution < -0.4 is 30.6 Å². The lowest BCUT2D eigenvalue weighted by Gasteiger charge is -2.37. The smallest absolute Gasteiger partial charge is 0.250 e. The summed E-state index contributed by atoms with van der Waals surface area (Å²) in [5.74, 6) is -0.0641. The van der Waals surface area contributed by atoms with E-state index in [0.29, 0.717) is 24.7 Å². The summed E-state index contributed by atoms with van der Waals surface area (Å²) >= 11 is 0. The standard InChI is InChI=1S/C32H44N10O4/c1-4-25(2)38-39(3)42(43)28-8-6-26(7-9-28)40-18-20-41(21-19-40)27-10-12-29(13-11-27)44-22-30-23-45-32(46-30,24-37-36-17-14-33)31-34-15-5-16-35-31/h5-17,25,30,33,37-38,43H,4,18-24H2,1-3H3/b33-14?,36-17-/t25?,30-,32-/m1/s1. The molecule has 2 aliphatic heterocycles. The van der Waals surface area contributed by atoms with Gasteiger partial charge in [0, 0.05) is 69.3 Å². The van der Waals surface area contributed by atoms with Crippen molar-refractivity contribution in [2.75, 3.05) is 68.0 Å². The zero-order chi connectivity index (χ0) is 32.4. The normalized spacial score (nSPS) is 20.7. The third-order valence-corrected chi connectivity index (χ3v) is 7.99. The fourth-order valence-electron chi connectivity index (χ4n) is 5.27. The molecular formula is C32H44N10O4. The van der Waals surface area contributed by atoms with Gasteiger partial charge < -0.3 is 34.8 Å². The maximum atomic E-state index is 10.6. The monoisotopic (exact) mass is 632 g/mol. The van der Waals surface area contributed by atoms with Crippen molar-refractivity contribution in [2.24, 2.45) is 5.10 Å². The second kappa shape index (κ2) is 15.8. The Labute approximate surface area is 270 Å². The van der Waals surface area contributed by atoms with Gasteiger partial charge in [-0.25, -0.2) is 15.4 Å². The van der Waals surface area contributed by atoms with Crippen molar-refractivity contribution in [1.82, 2.24) is 25.9 Å². The van der Waals surface area contributed by atoms with Crippen LogP contribution in [0.2, 0.25) is 0 Å². The maximum absolute atomic E-state index is 10.6. The van der Waals surface area contributed by atoms with Crippen LogP contribution in [0.25, 0.3) is 0 Å². The highest BCUT2D eigenvalue weighted by atomic mass is 16.8. The van der Waals surface area contributed by atoms with E-state index in [-0.39, 0.29) is 18.7 Å². The van der Waals surface area contributed by atoms with Crippen LogP contribution in [0.1, 0.15) is 26.1 Å². The van der Waals surface area contributed by atoms with Crippen LogP contribution in [0.4, 0.5) is 17.1 Å². The summed E-state index contributed by atoms with van der Waals surface area (Å²) in [6.07, 6.45) is 6.31. The predicted octanol–water partition coefficient (Wildman–Crippen LogP) is 3.02. The van der Waals surface area contributed by atoms with E-state index < -0.39 is 5.79 Å². The number of hydrogen-bond donors (Lipinski definition) is 4. The average Bonchev–Trinajstić information content (AvgIpc) is 3.54. The molecule has 0 amide bonds. The average molecular weight is 633 g/mol. The van der Waals surface area contributed by atoms with Crippen LogP contribution in [-0.4, -0.2) is 97.9 Å². The molecule has 2 fully saturated rings. The number of ether oxygens (including phenoxy) is 3. The van der Waals surface area contributed by atoms with Gasteiger partial charge in [-0.05, 0) is 67.9 Å². The molecular weight excluding hydrogens is 588 g/mol. The van der Waals surface area contributed by atoms with Crippen LogP contribution in [-0.2, 0) is 15.3 Å². The topological polar surface area (TPSA) is 147 Å². The van der Waals surface area contributed by atoms with Gasteiger partial charge in [-0.2, -0.15) is 10.3 Å². The van der Waals surface area contributed by atoms with Gasteiger partial charge in [0.1, 0.15) is 18.5 Å². The van der Waals surface area contributed by atoms with Gasteiger partial charge in [0.15, 0.2) is 5.82 Å². The Morgan fingerprint density at radius 1 is 1.09 bits per heavy atom. The predicted molar refractivity (Wildman–Crippen MR) is 178 cm³/mol. The summed E-state index contributed by atoms with van der Waals surface area (Å²) in [7, 11) is 1.79. The number of nitrogens with zero attached hydrogens (tertiary/aromatic N) is 7. The van der Waals surface area contributed by atoms with Crippen molar-refractivity contribution >= 4 is 29.5 Å². The van der Waals surface area contributed by atoms with Gasteiger partial charge in [0.25, 0.3) is 5.79 Å². The molecule has 246 valence electrons. The van der Waals surface area contributed by atoms with E-state index in [1.165, 1.54) is 6.21 Å². The van der Waals surface area contributed by atoms with Gasteiger partial charge in [0.05, 0.1) is 25.1 Å². The number of anilines is 3. The summed E-state index contributed by atoms with van der Waals surface area (Å²) in [4.78, 5) is 13.4. The molecule has 0 saturated carbocycles. The molecule has 3 aromatic rings. The van der Waals surface area contributed by atoms with Crippen LogP contribution in [0.3, 0.4) is 0 Å². The summed E-state index contributed by atoms with van der Waals surface area (Å²) in [6, 6.07) is 18.1. The molecule has 3 heterocycles. The Bertz CT molecular complexity index is 1390. The minimum Gasteiger partial charge on any atom is -0.491 e. The highest BCUT2D eigenvalue weighted by molar-refractivity contribution is 6.14. The lowest BCUT2D eigenvalue weighted by molar-refractivity contribution is -0.181. The molecule has 0 bridgehead atoms. The molecule has 14 nitrogen and oxygen atoms in total. The first-order valence-electron chi connectivity index (χ1n) is 15.6. The molecule has 46 heavy (non-hydrogen) atoms. The van der Waals surface area contributed by atoms with Gasteiger partial charge in [0.2, 0.25) is 0 Å². The molecule has 2 aliphatic rings. The van der Waals surface area contributed by atoms with Gasteiger partial charge in [-0.15, -0.1) is 5.12 Å². The summed E-state index contributed by atoms with van der Waals surface area (Å²) in [5.41, 5.74) is 9.05. The fraction of sp³-hybridized carbons (Fsp3) is 0.438. The fourth-order valence-corrected chi connectivity index (χ4v) is 5.27. The van der Waals surface area contributed by atoms with E-state index in [9.17, 15) is 5.21 Å². The van der Waals surface area contributed by atoms with Gasteiger partial charge in [-0.3, -0.25) is 5.21 Å². The summed E-state index contributed by atoms with van der Waals surface area (Å²) in [5, 5.41) is 24.3. The lowest BCUT2D eigenvalue weighted by atomic mass is 10.2. The van der Waals surface area contributed by atoms with E-state index in [1.807, 2.05) is 24.3 Å². The molecule has 2 aromatic carbocycles. The Hall–Kier alpha value is -4.34. The molecule has 0 spiro atoms. The number of benzene rings is 2. The van der Waals surface area contributed by atoms with Crippen molar-refractivity contribution in [3.05, 3.63) is 72.8 Å². The molecule has 0 aliphatic carbocycles. The SMILES string of the molecule is CCC(C)NN(C)N(O)c1ccc(N2CCN(c3ccc(OC[C@@H]4CO[C@@](CN/N=C\C=N)(c5ncccn5)O4)cc3)CC2)cc1. The van der Waals surface area contributed by atoms with E-state index in [2.05, 4.69) is 73.8 Å². The summed E-state index contributed by atoms with van der Waals surface area (Å²) < 4.78 is 18.4. The Morgan fingerprint density at radius 2 is 1.72 bits per heavy atom. The van der Waals surface area contributed by atoms with Crippen molar-refractivity contribution in [3.63, 3.8) is 0 Å². The lowest BCUT2D eigenvalue weighted by Crippen LogP contribution is -2.50. The third-order valence-electron chi connectivity index (χ3n) is 7.99. The van der Waals surface area contributed by atoms with Crippen LogP contribution >= 0.6 is 0 Å². The number of hydrazone groups is 1. The van der Waals surface area contributed by atoms with E-state index in [4.69, 9.17) is 19.6 Å². The largest absolute Gasteiger partial charge is 0.491 e. The number of rotatable bonds is 15. The molecule has 1 unspecified atom stereocenters. The Kier molecular flexibility index (Phi) is 11.3. The van der Waals surface area contributed by atoms with Crippen LogP contribution in [0, 0.1) is 5.41 Å². The van der Waals surface area contributed by atoms with Crippen molar-refractivity contribution < 1.29 is 19.4 Å². The Balaban J connectivity index is 1.09. The third kappa shape index (κ3) is 8.27. The highest BCUT2D eigenvalue weighted by Crippen LogP contribution is 2.32. The second-order valence-electron chi connectivity index (χ2n) is 11.2. The maximum Gasteiger partial charge on any atom is 0.250 e. The quantitative estimate of drug-likeness (QED) is 0.144. The number of aromatic nitrogens is 2. The molecule has 1 aromatic heterocycles. The van der Waals surface area contributed by atoms with E-state index >= 15 is 0 Å². The van der Waals surface area contributed by atoms with E-state index in [1.54, 1.807) is 30.6 Å². The number of hydrogen-bond acceptors (Lipinski definition) is 14. The number of nitrogens with one attached hydrogen (secondary N) is 3. The van der Waals surface area contributed by atoms with E-state index in [0.717, 1.165) is 61.1 Å². The first-order chi connectivity index (χ1) is 22.4. The highest BCUT2D eigenvalue weighted by Gasteiger charge is 2.46. The van der Waals surface area contributed by atoms with Crippen molar-refractivity contribution in [1.29, 1.82) is 5.41 Å². The zero-order valence-electron chi connectivity index (χ0n) is 26.6. The minimum atomic E-state index is -1.21. The van der Waals surface area contributed by atoms with Crippen molar-refractivity contribution in [3.8, 4) is 5.75 Å². The molecule has 3 atom stereocenters. The minimum absolute atomic E-state index is 0.181. The molecule has 2 saturated heterocycles. The summed E-state index contributed by atoms with van der Waals surface area (Å²) in [6.45, 7) is 8.53. The van der Waals surface area contributed by atoms with Crippen LogP contribution in [0.5, 0.6) is 5.75 Å². The first kappa shape index (κ1) is 33.0. The first-order valence-corrected chi connectivity index (χ1v) is 15.6. The molecule has 4 N–H and O–H groups in total. The zero-order valence-corrected chi connectivity index (χ0v) is 26.6. The molecule has 14 heteroatoms. The molecule has 5 rings (SSSR count). The molecule has 0 radical (unpaired) electrons. The second-order valence-corrected chi connectivity index (χ2v) is 11.2.